The Balaban J connectivity index is 2.04. The van der Waals surface area contributed by atoms with Crippen LogP contribution in [0.1, 0.15) is 38.3 Å². The maximum Gasteiger partial charge on any atom is 0.407 e. The molecule has 3 rings (SSSR count). The van der Waals surface area contributed by atoms with Crippen LogP contribution in [0.3, 0.4) is 0 Å². The second-order valence-electron chi connectivity index (χ2n) is 7.37. The van der Waals surface area contributed by atoms with Crippen molar-refractivity contribution in [1.29, 1.82) is 0 Å². The zero-order chi connectivity index (χ0) is 16.7. The van der Waals surface area contributed by atoms with Crippen LogP contribution in [-0.2, 0) is 20.5 Å². The van der Waals surface area contributed by atoms with Crippen molar-refractivity contribution in [3.05, 3.63) is 35.4 Å². The first-order chi connectivity index (χ1) is 10.8. The minimum absolute atomic E-state index is 0.0133. The van der Waals surface area contributed by atoms with Crippen molar-refractivity contribution in [3.8, 4) is 0 Å². The number of ether oxygens (including phenoxy) is 2. The van der Waals surface area contributed by atoms with Crippen LogP contribution in [-0.4, -0.2) is 48.5 Å². The standard InChI is InChI=1S/C18H25NO4/c1-17(2,3)13-6-4-5-7-14(13)18-8-9-19(16(20)21)12-15(18)22-10-11-23-18/h4-7,15H,8-12H2,1-3H3,(H,20,21)/t15-,18-/m0/s1. The van der Waals surface area contributed by atoms with Crippen molar-refractivity contribution in [2.24, 2.45) is 0 Å². The van der Waals surface area contributed by atoms with Gasteiger partial charge in [-0.2, -0.15) is 0 Å². The van der Waals surface area contributed by atoms with Crippen LogP contribution in [0.5, 0.6) is 0 Å². The van der Waals surface area contributed by atoms with Gasteiger partial charge in [0.05, 0.1) is 19.8 Å². The molecular weight excluding hydrogens is 294 g/mol. The molecule has 0 radical (unpaired) electrons. The number of hydrogen-bond donors (Lipinski definition) is 1. The summed E-state index contributed by atoms with van der Waals surface area (Å²) in [5.41, 5.74) is 1.82. The van der Waals surface area contributed by atoms with E-state index in [0.717, 1.165) is 5.56 Å². The van der Waals surface area contributed by atoms with Gasteiger partial charge in [-0.25, -0.2) is 4.79 Å². The molecule has 2 fully saturated rings. The van der Waals surface area contributed by atoms with E-state index < -0.39 is 11.7 Å². The van der Waals surface area contributed by atoms with Gasteiger partial charge in [-0.1, -0.05) is 45.0 Å². The topological polar surface area (TPSA) is 59.0 Å². The third kappa shape index (κ3) is 2.83. The van der Waals surface area contributed by atoms with Gasteiger partial charge in [-0.3, -0.25) is 0 Å². The number of rotatable bonds is 1. The molecule has 1 amide bonds. The van der Waals surface area contributed by atoms with Gasteiger partial charge in [0.15, 0.2) is 0 Å². The zero-order valence-corrected chi connectivity index (χ0v) is 14.0. The molecule has 126 valence electrons. The summed E-state index contributed by atoms with van der Waals surface area (Å²) in [6.07, 6.45) is -0.529. The van der Waals surface area contributed by atoms with E-state index >= 15 is 0 Å². The first kappa shape index (κ1) is 16.3. The number of carbonyl (C=O) groups is 1. The largest absolute Gasteiger partial charge is 0.465 e. The molecule has 0 unspecified atom stereocenters. The second-order valence-corrected chi connectivity index (χ2v) is 7.37. The van der Waals surface area contributed by atoms with E-state index in [4.69, 9.17) is 9.47 Å². The summed E-state index contributed by atoms with van der Waals surface area (Å²) < 4.78 is 12.2. The highest BCUT2D eigenvalue weighted by Crippen LogP contribution is 2.44. The maximum atomic E-state index is 11.3. The van der Waals surface area contributed by atoms with Crippen LogP contribution in [0.4, 0.5) is 4.79 Å². The number of nitrogens with zero attached hydrogens (tertiary/aromatic N) is 1. The maximum absolute atomic E-state index is 11.3. The molecule has 0 spiro atoms. The summed E-state index contributed by atoms with van der Waals surface area (Å²) in [4.78, 5) is 12.8. The van der Waals surface area contributed by atoms with E-state index in [1.54, 1.807) is 0 Å². The molecule has 0 aromatic heterocycles. The summed E-state index contributed by atoms with van der Waals surface area (Å²) in [5, 5.41) is 9.30. The molecule has 1 aromatic rings. The highest BCUT2D eigenvalue weighted by atomic mass is 16.6. The fraction of sp³-hybridized carbons (Fsp3) is 0.611. The van der Waals surface area contributed by atoms with E-state index in [-0.39, 0.29) is 11.5 Å². The molecule has 0 aliphatic carbocycles. The van der Waals surface area contributed by atoms with Crippen LogP contribution in [0, 0.1) is 0 Å². The highest BCUT2D eigenvalue weighted by molar-refractivity contribution is 5.65. The smallest absolute Gasteiger partial charge is 0.407 e. The summed E-state index contributed by atoms with van der Waals surface area (Å²) in [6, 6.07) is 8.32. The third-order valence-corrected chi connectivity index (χ3v) is 4.88. The molecule has 2 heterocycles. The first-order valence-electron chi connectivity index (χ1n) is 8.18. The van der Waals surface area contributed by atoms with Crippen LogP contribution in [0.25, 0.3) is 0 Å². The van der Waals surface area contributed by atoms with Crippen molar-refractivity contribution < 1.29 is 19.4 Å². The van der Waals surface area contributed by atoms with Crippen LogP contribution in [0.15, 0.2) is 24.3 Å². The predicted molar refractivity (Wildman–Crippen MR) is 86.7 cm³/mol. The third-order valence-electron chi connectivity index (χ3n) is 4.88. The molecule has 5 nitrogen and oxygen atoms in total. The Morgan fingerprint density at radius 1 is 1.30 bits per heavy atom. The second kappa shape index (κ2) is 5.80. The molecule has 0 saturated carbocycles. The fourth-order valence-electron chi connectivity index (χ4n) is 3.73. The number of likely N-dealkylation sites (tertiary alicyclic amines) is 1. The Bertz CT molecular complexity index is 595. The molecule has 0 bridgehead atoms. The predicted octanol–water partition coefficient (Wildman–Crippen LogP) is 2.98. The summed E-state index contributed by atoms with van der Waals surface area (Å²) in [5.74, 6) is 0. The minimum Gasteiger partial charge on any atom is -0.465 e. The van der Waals surface area contributed by atoms with Crippen molar-refractivity contribution in [3.63, 3.8) is 0 Å². The Kier molecular flexibility index (Phi) is 4.10. The average molecular weight is 319 g/mol. The number of fused-ring (bicyclic) bond motifs is 1. The molecule has 2 aliphatic heterocycles. The fourth-order valence-corrected chi connectivity index (χ4v) is 3.73. The molecule has 23 heavy (non-hydrogen) atoms. The van der Waals surface area contributed by atoms with Crippen LogP contribution >= 0.6 is 0 Å². The molecule has 2 atom stereocenters. The average Bonchev–Trinajstić information content (AvgIpc) is 2.53. The minimum atomic E-state index is -0.892. The van der Waals surface area contributed by atoms with Gasteiger partial charge < -0.3 is 19.5 Å². The first-order valence-corrected chi connectivity index (χ1v) is 8.18. The summed E-state index contributed by atoms with van der Waals surface area (Å²) in [7, 11) is 0. The van der Waals surface area contributed by atoms with E-state index in [9.17, 15) is 9.90 Å². The molecule has 1 N–H and O–H groups in total. The van der Waals surface area contributed by atoms with Gasteiger partial charge in [-0.15, -0.1) is 0 Å². The number of benzene rings is 1. The van der Waals surface area contributed by atoms with Crippen molar-refractivity contribution >= 4 is 6.09 Å². The normalized spacial score (nSPS) is 28.3. The Morgan fingerprint density at radius 3 is 2.74 bits per heavy atom. The lowest BCUT2D eigenvalue weighted by Gasteiger charge is -2.50. The monoisotopic (exact) mass is 319 g/mol. The van der Waals surface area contributed by atoms with Gasteiger partial charge in [0, 0.05) is 13.0 Å². The van der Waals surface area contributed by atoms with Crippen molar-refractivity contribution in [2.75, 3.05) is 26.3 Å². The van der Waals surface area contributed by atoms with Gasteiger partial charge in [0.25, 0.3) is 0 Å². The number of amides is 1. The van der Waals surface area contributed by atoms with Gasteiger partial charge in [0.1, 0.15) is 11.7 Å². The SMILES string of the molecule is CC(C)(C)c1ccccc1[C@@]12CCN(C(=O)O)C[C@@H]1OCCO2. The van der Waals surface area contributed by atoms with Gasteiger partial charge in [-0.05, 0) is 16.5 Å². The summed E-state index contributed by atoms with van der Waals surface area (Å²) in [6.45, 7) is 8.44. The lowest BCUT2D eigenvalue weighted by atomic mass is 9.73. The van der Waals surface area contributed by atoms with Crippen LogP contribution < -0.4 is 0 Å². The lowest BCUT2D eigenvalue weighted by Crippen LogP contribution is -2.60. The highest BCUT2D eigenvalue weighted by Gasteiger charge is 2.50. The van der Waals surface area contributed by atoms with Crippen molar-refractivity contribution in [1.82, 2.24) is 4.90 Å². The lowest BCUT2D eigenvalue weighted by molar-refractivity contribution is -0.230. The summed E-state index contributed by atoms with van der Waals surface area (Å²) >= 11 is 0. The van der Waals surface area contributed by atoms with Crippen molar-refractivity contribution in [2.45, 2.75) is 44.3 Å². The van der Waals surface area contributed by atoms with Gasteiger partial charge >= 0.3 is 6.09 Å². The number of piperidine rings is 1. The Morgan fingerprint density at radius 2 is 2.04 bits per heavy atom. The molecular formula is C18H25NO4. The molecule has 2 saturated heterocycles. The van der Waals surface area contributed by atoms with Crippen LogP contribution in [0.2, 0.25) is 0 Å². The van der Waals surface area contributed by atoms with E-state index in [0.29, 0.717) is 32.7 Å². The molecule has 5 heteroatoms. The van der Waals surface area contributed by atoms with E-state index in [1.807, 2.05) is 12.1 Å². The quantitative estimate of drug-likeness (QED) is 0.864. The zero-order valence-electron chi connectivity index (χ0n) is 14.0. The number of hydrogen-bond acceptors (Lipinski definition) is 3. The van der Waals surface area contributed by atoms with E-state index in [2.05, 4.69) is 32.9 Å². The van der Waals surface area contributed by atoms with Gasteiger partial charge in [0.2, 0.25) is 0 Å². The number of carboxylic acid groups (broad SMARTS) is 1. The molecule has 1 aromatic carbocycles. The Hall–Kier alpha value is -1.59. The Labute approximate surface area is 137 Å². The molecule has 2 aliphatic rings. The van der Waals surface area contributed by atoms with E-state index in [1.165, 1.54) is 10.5 Å².